The number of ether oxygens (including phenoxy) is 3. The van der Waals surface area contributed by atoms with Gasteiger partial charge < -0.3 is 24.4 Å². The van der Waals surface area contributed by atoms with E-state index in [0.29, 0.717) is 22.9 Å². The molecule has 32 heavy (non-hydrogen) atoms. The number of nitrogens with zero attached hydrogens (tertiary/aromatic N) is 1. The highest BCUT2D eigenvalue weighted by Gasteiger charge is 2.37. The van der Waals surface area contributed by atoms with Crippen LogP contribution >= 0.6 is 15.9 Å². The lowest BCUT2D eigenvalue weighted by Gasteiger charge is -2.20. The normalized spacial score (nSPS) is 15.5. The number of methoxy groups -OCH3 is 2. The topological polar surface area (TPSA) is 94.2 Å². The highest BCUT2D eigenvalue weighted by Crippen LogP contribution is 2.36. The summed E-state index contributed by atoms with van der Waals surface area (Å²) in [5, 5.41) is 2.75. The van der Waals surface area contributed by atoms with E-state index in [9.17, 15) is 14.4 Å². The van der Waals surface area contributed by atoms with Gasteiger partial charge in [-0.15, -0.1) is 0 Å². The minimum atomic E-state index is -0.678. The minimum absolute atomic E-state index is 0.00810. The summed E-state index contributed by atoms with van der Waals surface area (Å²) < 4.78 is 16.7. The van der Waals surface area contributed by atoms with Crippen LogP contribution in [-0.4, -0.2) is 45.2 Å². The van der Waals surface area contributed by atoms with Crippen LogP contribution in [0.2, 0.25) is 0 Å². The molecule has 0 bridgehead atoms. The molecule has 0 spiro atoms. The number of esters is 1. The average Bonchev–Trinajstić information content (AvgIpc) is 3.18. The van der Waals surface area contributed by atoms with E-state index in [4.69, 9.17) is 14.2 Å². The van der Waals surface area contributed by atoms with E-state index < -0.39 is 24.4 Å². The third-order valence-corrected chi connectivity index (χ3v) is 6.33. The molecular weight excluding hydrogens is 480 g/mol. The van der Waals surface area contributed by atoms with Crippen LogP contribution in [0.25, 0.3) is 0 Å². The Morgan fingerprint density at radius 1 is 1.12 bits per heavy atom. The second-order valence-corrected chi connectivity index (χ2v) is 8.30. The molecule has 0 unspecified atom stereocenters. The van der Waals surface area contributed by atoms with Crippen molar-refractivity contribution in [2.75, 3.05) is 37.6 Å². The number of nitrogens with one attached hydrogen (secondary N) is 1. The van der Waals surface area contributed by atoms with Crippen LogP contribution in [0.3, 0.4) is 0 Å². The maximum Gasteiger partial charge on any atom is 0.311 e. The molecule has 1 fully saturated rings. The molecule has 1 aliphatic heterocycles. The average molecular weight is 505 g/mol. The van der Waals surface area contributed by atoms with Crippen LogP contribution in [0.5, 0.6) is 11.5 Å². The molecule has 2 amide bonds. The molecule has 0 aliphatic carbocycles. The fourth-order valence-corrected chi connectivity index (χ4v) is 3.90. The maximum atomic E-state index is 12.6. The zero-order chi connectivity index (χ0) is 23.4. The van der Waals surface area contributed by atoms with Gasteiger partial charge in [-0.25, -0.2) is 0 Å². The highest BCUT2D eigenvalue weighted by molar-refractivity contribution is 9.10. The number of benzene rings is 2. The summed E-state index contributed by atoms with van der Waals surface area (Å²) in [4.78, 5) is 38.8. The second-order valence-electron chi connectivity index (χ2n) is 7.44. The molecule has 2 aromatic rings. The largest absolute Gasteiger partial charge is 0.497 e. The molecule has 3 rings (SSSR count). The van der Waals surface area contributed by atoms with Gasteiger partial charge in [0.2, 0.25) is 5.91 Å². The minimum Gasteiger partial charge on any atom is -0.497 e. The SMILES string of the molecule is COc1ccc(OC)c(N2C[C@@H](C(=O)OCC(=O)Nc3ccc(Br)c(C)c3C)CC2=O)c1. The van der Waals surface area contributed by atoms with Crippen molar-refractivity contribution in [2.45, 2.75) is 20.3 Å². The summed E-state index contributed by atoms with van der Waals surface area (Å²) in [6, 6.07) is 8.72. The highest BCUT2D eigenvalue weighted by atomic mass is 79.9. The number of amides is 2. The summed E-state index contributed by atoms with van der Waals surface area (Å²) in [6.45, 7) is 3.54. The van der Waals surface area contributed by atoms with Crippen LogP contribution in [0.15, 0.2) is 34.8 Å². The zero-order valence-corrected chi connectivity index (χ0v) is 19.9. The molecule has 0 radical (unpaired) electrons. The maximum absolute atomic E-state index is 12.6. The van der Waals surface area contributed by atoms with E-state index in [1.54, 1.807) is 24.3 Å². The Balaban J connectivity index is 1.61. The van der Waals surface area contributed by atoms with Gasteiger partial charge in [-0.3, -0.25) is 14.4 Å². The molecule has 1 aliphatic rings. The van der Waals surface area contributed by atoms with Crippen LogP contribution < -0.4 is 19.7 Å². The van der Waals surface area contributed by atoms with E-state index in [1.165, 1.54) is 19.1 Å². The monoisotopic (exact) mass is 504 g/mol. The van der Waals surface area contributed by atoms with E-state index in [0.717, 1.165) is 15.6 Å². The van der Waals surface area contributed by atoms with Gasteiger partial charge in [-0.2, -0.15) is 0 Å². The van der Waals surface area contributed by atoms with Crippen LogP contribution in [0.1, 0.15) is 17.5 Å². The number of carbonyl (C=O) groups is 3. The van der Waals surface area contributed by atoms with Crippen molar-refractivity contribution in [1.82, 2.24) is 0 Å². The Labute approximate surface area is 194 Å². The first kappa shape index (κ1) is 23.6. The van der Waals surface area contributed by atoms with Crippen molar-refractivity contribution < 1.29 is 28.6 Å². The number of rotatable bonds is 7. The molecule has 1 heterocycles. The lowest BCUT2D eigenvalue weighted by atomic mass is 10.1. The first-order valence-electron chi connectivity index (χ1n) is 9.99. The molecule has 0 saturated carbocycles. The summed E-state index contributed by atoms with van der Waals surface area (Å²) in [5.41, 5.74) is 3.10. The van der Waals surface area contributed by atoms with E-state index in [2.05, 4.69) is 21.2 Å². The fourth-order valence-electron chi connectivity index (χ4n) is 3.47. The summed E-state index contributed by atoms with van der Waals surface area (Å²) in [5.74, 6) is -0.894. The molecule has 1 atom stereocenters. The molecular formula is C23H25BrN2O6. The van der Waals surface area contributed by atoms with Gasteiger partial charge >= 0.3 is 5.97 Å². The van der Waals surface area contributed by atoms with Crippen LogP contribution in [0, 0.1) is 19.8 Å². The van der Waals surface area contributed by atoms with E-state index in [1.807, 2.05) is 19.9 Å². The lowest BCUT2D eigenvalue weighted by molar-refractivity contribution is -0.151. The van der Waals surface area contributed by atoms with Gasteiger partial charge in [-0.05, 0) is 49.2 Å². The third kappa shape index (κ3) is 5.04. The van der Waals surface area contributed by atoms with Gasteiger partial charge in [0.25, 0.3) is 5.91 Å². The van der Waals surface area contributed by atoms with Gasteiger partial charge in [0.05, 0.1) is 25.8 Å². The molecule has 1 N–H and O–H groups in total. The molecule has 2 aromatic carbocycles. The number of anilines is 2. The van der Waals surface area contributed by atoms with E-state index in [-0.39, 0.29) is 18.9 Å². The van der Waals surface area contributed by atoms with Crippen molar-refractivity contribution >= 4 is 45.1 Å². The Morgan fingerprint density at radius 2 is 1.88 bits per heavy atom. The summed E-state index contributed by atoms with van der Waals surface area (Å²) in [7, 11) is 3.03. The van der Waals surface area contributed by atoms with Gasteiger partial charge in [0.15, 0.2) is 6.61 Å². The number of halogens is 1. The zero-order valence-electron chi connectivity index (χ0n) is 18.4. The fraction of sp³-hybridized carbons (Fsp3) is 0.348. The van der Waals surface area contributed by atoms with Crippen molar-refractivity contribution in [3.8, 4) is 11.5 Å². The number of hydrogen-bond donors (Lipinski definition) is 1. The Kier molecular flexibility index (Phi) is 7.40. The molecule has 170 valence electrons. The third-order valence-electron chi connectivity index (χ3n) is 5.48. The van der Waals surface area contributed by atoms with E-state index >= 15 is 0 Å². The Bertz CT molecular complexity index is 1060. The summed E-state index contributed by atoms with van der Waals surface area (Å²) in [6.07, 6.45) is -0.00810. The predicted molar refractivity (Wildman–Crippen MR) is 123 cm³/mol. The Hall–Kier alpha value is -3.07. The lowest BCUT2D eigenvalue weighted by Crippen LogP contribution is -2.28. The van der Waals surface area contributed by atoms with Crippen molar-refractivity contribution in [3.05, 3.63) is 45.9 Å². The van der Waals surface area contributed by atoms with Crippen LogP contribution in [-0.2, 0) is 19.1 Å². The first-order chi connectivity index (χ1) is 15.2. The van der Waals surface area contributed by atoms with Gasteiger partial charge in [-0.1, -0.05) is 15.9 Å². The van der Waals surface area contributed by atoms with Crippen LogP contribution in [0.4, 0.5) is 11.4 Å². The van der Waals surface area contributed by atoms with Gasteiger partial charge in [0, 0.05) is 29.2 Å². The quantitative estimate of drug-likeness (QED) is 0.578. The molecule has 8 nitrogen and oxygen atoms in total. The van der Waals surface area contributed by atoms with Crippen molar-refractivity contribution in [2.24, 2.45) is 5.92 Å². The second kappa shape index (κ2) is 10.0. The van der Waals surface area contributed by atoms with Crippen molar-refractivity contribution in [1.29, 1.82) is 0 Å². The Morgan fingerprint density at radius 3 is 2.56 bits per heavy atom. The smallest absolute Gasteiger partial charge is 0.311 e. The number of hydrogen-bond acceptors (Lipinski definition) is 6. The summed E-state index contributed by atoms with van der Waals surface area (Å²) >= 11 is 3.45. The molecule has 1 saturated heterocycles. The number of carbonyl (C=O) groups excluding carboxylic acids is 3. The standard InChI is InChI=1S/C23H25BrN2O6/c1-13-14(2)18(7-6-17(13)24)25-21(27)12-32-23(29)15-9-22(28)26(11-15)19-10-16(30-3)5-8-20(19)31-4/h5-8,10,15H,9,11-12H2,1-4H3,(H,25,27)/t15-/m0/s1. The van der Waals surface area contributed by atoms with Crippen molar-refractivity contribution in [3.63, 3.8) is 0 Å². The first-order valence-corrected chi connectivity index (χ1v) is 10.8. The van der Waals surface area contributed by atoms with Gasteiger partial charge in [0.1, 0.15) is 11.5 Å². The predicted octanol–water partition coefficient (Wildman–Crippen LogP) is 3.62. The molecule has 9 heteroatoms. The molecule has 0 aromatic heterocycles.